The zero-order chi connectivity index (χ0) is 32.0. The molecule has 244 valence electrons. The third kappa shape index (κ3) is 7.62. The molecule has 0 aromatic heterocycles. The minimum atomic E-state index is -1.03. The molecule has 4 amide bonds. The Hall–Kier alpha value is -3.42. The molecule has 44 heavy (non-hydrogen) atoms. The van der Waals surface area contributed by atoms with Gasteiger partial charge in [-0.15, -0.1) is 0 Å². The van der Waals surface area contributed by atoms with Gasteiger partial charge < -0.3 is 34.4 Å². The summed E-state index contributed by atoms with van der Waals surface area (Å²) in [6.07, 6.45) is 3.04. The number of aliphatic hydroxyl groups is 1. The summed E-state index contributed by atoms with van der Waals surface area (Å²) in [6.45, 7) is 4.55. The third-order valence-corrected chi connectivity index (χ3v) is 8.88. The lowest BCUT2D eigenvalue weighted by atomic mass is 9.83. The molecule has 0 spiro atoms. The van der Waals surface area contributed by atoms with Crippen LogP contribution in [0.5, 0.6) is 11.5 Å². The van der Waals surface area contributed by atoms with Crippen molar-refractivity contribution in [3.63, 3.8) is 0 Å². The minimum Gasteiger partial charge on any atom is -0.481 e. The van der Waals surface area contributed by atoms with Crippen LogP contribution in [0.15, 0.2) is 12.1 Å². The van der Waals surface area contributed by atoms with E-state index in [0.717, 1.165) is 25.8 Å². The van der Waals surface area contributed by atoms with Gasteiger partial charge in [-0.1, -0.05) is 13.3 Å². The highest BCUT2D eigenvalue weighted by Gasteiger charge is 2.48. The topological polar surface area (TPSA) is 143 Å². The second-order valence-corrected chi connectivity index (χ2v) is 12.2. The van der Waals surface area contributed by atoms with Gasteiger partial charge in [0.2, 0.25) is 18.6 Å². The molecule has 1 aromatic rings. The van der Waals surface area contributed by atoms with Gasteiger partial charge in [0.05, 0.1) is 19.1 Å². The summed E-state index contributed by atoms with van der Waals surface area (Å²) in [4.78, 5) is 60.7. The predicted molar refractivity (Wildman–Crippen MR) is 161 cm³/mol. The fourth-order valence-corrected chi connectivity index (χ4v) is 6.48. The summed E-state index contributed by atoms with van der Waals surface area (Å²) in [5, 5.41) is 20.6. The summed E-state index contributed by atoms with van der Waals surface area (Å²) in [5.41, 5.74) is 1.17. The van der Waals surface area contributed by atoms with Gasteiger partial charge in [0.1, 0.15) is 0 Å². The van der Waals surface area contributed by atoms with Crippen LogP contribution in [0, 0.1) is 5.92 Å². The number of aliphatic hydroxyl groups excluding tert-OH is 1. The van der Waals surface area contributed by atoms with E-state index < -0.39 is 29.9 Å². The van der Waals surface area contributed by atoms with Gasteiger partial charge in [-0.3, -0.25) is 24.2 Å². The average Bonchev–Trinajstić information content (AvgIpc) is 3.61. The van der Waals surface area contributed by atoms with Crippen LogP contribution in [0.25, 0.3) is 0 Å². The molecule has 3 aliphatic heterocycles. The van der Waals surface area contributed by atoms with Crippen LogP contribution in [-0.2, 0) is 21.0 Å². The number of carbonyl (C=O) groups excluding carboxylic acids is 3. The Morgan fingerprint density at radius 1 is 1.09 bits per heavy atom. The lowest BCUT2D eigenvalue weighted by Crippen LogP contribution is -2.52. The van der Waals surface area contributed by atoms with Crippen LogP contribution >= 0.6 is 0 Å². The molecule has 0 bridgehead atoms. The van der Waals surface area contributed by atoms with E-state index in [2.05, 4.69) is 11.8 Å². The standard InChI is InChI=1S/C31H47N5O8/c1-5-6-11-34(12-7-10-32(2)3)27(39)18-35-17-23(21-15-22(19-37)29-25(16-21)43-20-44-29)28(30(40)41)24(35)8-14-36-26(38)9-13-33(4)31(36)42/h15-16,23-24,28,37H,5-14,17-20H2,1-4H3,(H,40,41)/t23-,24+,28-/m1/s1. The van der Waals surface area contributed by atoms with Crippen molar-refractivity contribution in [1.82, 2.24) is 24.5 Å². The van der Waals surface area contributed by atoms with Gasteiger partial charge >= 0.3 is 12.0 Å². The van der Waals surface area contributed by atoms with Crippen LogP contribution < -0.4 is 9.47 Å². The second-order valence-electron chi connectivity index (χ2n) is 12.2. The number of unbranched alkanes of at least 4 members (excludes halogenated alkanes) is 1. The number of hydrogen-bond acceptors (Lipinski definition) is 9. The summed E-state index contributed by atoms with van der Waals surface area (Å²) >= 11 is 0. The quantitative estimate of drug-likeness (QED) is 0.298. The first-order valence-corrected chi connectivity index (χ1v) is 15.5. The number of aliphatic carboxylic acids is 1. The van der Waals surface area contributed by atoms with Crippen molar-refractivity contribution in [1.29, 1.82) is 0 Å². The van der Waals surface area contributed by atoms with E-state index >= 15 is 0 Å². The Kier molecular flexibility index (Phi) is 11.4. The van der Waals surface area contributed by atoms with E-state index in [1.54, 1.807) is 19.2 Å². The number of likely N-dealkylation sites (tertiary alicyclic amines) is 1. The number of rotatable bonds is 15. The first-order chi connectivity index (χ1) is 21.0. The lowest BCUT2D eigenvalue weighted by Gasteiger charge is -2.34. The molecule has 1 aromatic carbocycles. The zero-order valence-electron chi connectivity index (χ0n) is 26.4. The number of nitrogens with zero attached hydrogens (tertiary/aromatic N) is 5. The van der Waals surface area contributed by atoms with Gasteiger partial charge in [0.25, 0.3) is 0 Å². The largest absolute Gasteiger partial charge is 0.481 e. The van der Waals surface area contributed by atoms with Crippen LogP contribution in [0.3, 0.4) is 0 Å². The molecule has 0 radical (unpaired) electrons. The minimum absolute atomic E-state index is 0.00974. The number of carboxylic acid groups (broad SMARTS) is 1. The maximum atomic E-state index is 13.8. The fourth-order valence-electron chi connectivity index (χ4n) is 6.48. The molecule has 2 N–H and O–H groups in total. The Bertz CT molecular complexity index is 1210. The van der Waals surface area contributed by atoms with Crippen molar-refractivity contribution in [3.05, 3.63) is 23.3 Å². The van der Waals surface area contributed by atoms with Crippen molar-refractivity contribution in [2.45, 2.75) is 57.6 Å². The number of amides is 4. The van der Waals surface area contributed by atoms with E-state index in [9.17, 15) is 29.4 Å². The van der Waals surface area contributed by atoms with Crippen molar-refractivity contribution in [3.8, 4) is 11.5 Å². The summed E-state index contributed by atoms with van der Waals surface area (Å²) in [7, 11) is 5.62. The van der Waals surface area contributed by atoms with Crippen LogP contribution in [0.1, 0.15) is 56.1 Å². The highest BCUT2D eigenvalue weighted by molar-refractivity contribution is 5.96. The average molecular weight is 618 g/mol. The number of carboxylic acids is 1. The van der Waals surface area contributed by atoms with E-state index in [-0.39, 0.29) is 57.7 Å². The maximum absolute atomic E-state index is 13.8. The van der Waals surface area contributed by atoms with Crippen molar-refractivity contribution < 1.29 is 38.9 Å². The van der Waals surface area contributed by atoms with Crippen molar-refractivity contribution in [2.75, 3.05) is 73.7 Å². The maximum Gasteiger partial charge on any atom is 0.326 e. The molecule has 2 saturated heterocycles. The molecule has 2 fully saturated rings. The predicted octanol–water partition coefficient (Wildman–Crippen LogP) is 1.63. The molecule has 4 rings (SSSR count). The van der Waals surface area contributed by atoms with Gasteiger partial charge in [0.15, 0.2) is 11.5 Å². The smallest absolute Gasteiger partial charge is 0.326 e. The molecular weight excluding hydrogens is 570 g/mol. The van der Waals surface area contributed by atoms with E-state index in [1.807, 2.05) is 23.9 Å². The summed E-state index contributed by atoms with van der Waals surface area (Å²) in [5.74, 6) is -1.95. The Labute approximate surface area is 259 Å². The Morgan fingerprint density at radius 2 is 1.84 bits per heavy atom. The van der Waals surface area contributed by atoms with Crippen molar-refractivity contribution in [2.24, 2.45) is 5.92 Å². The molecule has 13 heteroatoms. The highest BCUT2D eigenvalue weighted by Crippen LogP contribution is 2.44. The number of urea groups is 1. The first kappa shape index (κ1) is 33.5. The first-order valence-electron chi connectivity index (χ1n) is 15.5. The molecule has 3 heterocycles. The second kappa shape index (κ2) is 15.0. The number of ether oxygens (including phenoxy) is 2. The number of fused-ring (bicyclic) bond motifs is 1. The Morgan fingerprint density at radius 3 is 2.52 bits per heavy atom. The van der Waals surface area contributed by atoms with Crippen LogP contribution in [0.4, 0.5) is 4.79 Å². The molecule has 0 saturated carbocycles. The van der Waals surface area contributed by atoms with Gasteiger partial charge in [0, 0.05) is 63.7 Å². The monoisotopic (exact) mass is 617 g/mol. The molecule has 3 atom stereocenters. The van der Waals surface area contributed by atoms with Crippen LogP contribution in [-0.4, -0.2) is 138 Å². The van der Waals surface area contributed by atoms with Crippen molar-refractivity contribution >= 4 is 23.8 Å². The van der Waals surface area contributed by atoms with Gasteiger partial charge in [-0.2, -0.15) is 0 Å². The normalized spacial score (nSPS) is 21.9. The fraction of sp³-hybridized carbons (Fsp3) is 0.677. The van der Waals surface area contributed by atoms with Gasteiger partial charge in [-0.25, -0.2) is 4.79 Å². The Balaban J connectivity index is 1.63. The molecule has 13 nitrogen and oxygen atoms in total. The number of benzene rings is 1. The van der Waals surface area contributed by atoms with Crippen LogP contribution in [0.2, 0.25) is 0 Å². The summed E-state index contributed by atoms with van der Waals surface area (Å²) < 4.78 is 11.1. The van der Waals surface area contributed by atoms with E-state index in [4.69, 9.17) is 9.47 Å². The third-order valence-electron chi connectivity index (χ3n) is 8.88. The summed E-state index contributed by atoms with van der Waals surface area (Å²) in [6, 6.07) is 2.48. The SMILES string of the molecule is CCCCN(CCCN(C)C)C(=O)CN1C[C@H](c2cc(CO)c3c(c2)OCO3)[C@@H](C(=O)O)[C@@H]1CCN1C(=O)CCN(C)C1=O. The molecule has 0 aliphatic carbocycles. The van der Waals surface area contributed by atoms with E-state index in [0.29, 0.717) is 42.3 Å². The molecular formula is C31H47N5O8. The zero-order valence-corrected chi connectivity index (χ0v) is 26.4. The number of hydrogen-bond donors (Lipinski definition) is 2. The lowest BCUT2D eigenvalue weighted by molar-refractivity contribution is -0.144. The van der Waals surface area contributed by atoms with E-state index in [1.165, 1.54) is 9.80 Å². The number of carbonyl (C=O) groups is 4. The molecule has 0 unspecified atom stereocenters. The highest BCUT2D eigenvalue weighted by atomic mass is 16.7. The molecule has 3 aliphatic rings. The van der Waals surface area contributed by atoms with Gasteiger partial charge in [-0.05, 0) is 57.6 Å². The number of imide groups is 1.